The number of aliphatic hydroxyl groups excluding tert-OH is 1. The molecule has 1 unspecified atom stereocenters. The normalized spacial score (nSPS) is 15.3. The predicted molar refractivity (Wildman–Crippen MR) is 144 cm³/mol. The summed E-state index contributed by atoms with van der Waals surface area (Å²) in [5.74, 6) is -0.721. The highest BCUT2D eigenvalue weighted by Gasteiger charge is 2.44. The van der Waals surface area contributed by atoms with E-state index in [0.717, 1.165) is 11.3 Å². The monoisotopic (exact) mass is 512 g/mol. The van der Waals surface area contributed by atoms with Crippen molar-refractivity contribution >= 4 is 28.3 Å². The van der Waals surface area contributed by atoms with Crippen LogP contribution in [0.5, 0.6) is 11.5 Å². The molecule has 8 nitrogen and oxygen atoms in total. The van der Waals surface area contributed by atoms with Gasteiger partial charge in [0.2, 0.25) is 5.78 Å². The molecule has 194 valence electrons. The molecule has 2 heterocycles. The van der Waals surface area contributed by atoms with Gasteiger partial charge >= 0.3 is 0 Å². The minimum Gasteiger partial charge on any atom is -0.503 e. The Labute approximate surface area is 220 Å². The molecule has 1 amide bonds. The van der Waals surface area contributed by atoms with Crippen LogP contribution in [0.3, 0.4) is 0 Å². The average Bonchev–Trinajstić information content (AvgIpc) is 3.48. The molecule has 0 radical (unpaired) electrons. The Morgan fingerprint density at radius 3 is 2.34 bits per heavy atom. The molecule has 0 saturated heterocycles. The molecule has 0 saturated carbocycles. The van der Waals surface area contributed by atoms with Gasteiger partial charge in [0.05, 0.1) is 32.4 Å². The lowest BCUT2D eigenvalue weighted by atomic mass is 9.94. The number of rotatable bonds is 8. The first-order chi connectivity index (χ1) is 18.3. The van der Waals surface area contributed by atoms with Gasteiger partial charge in [0.1, 0.15) is 5.75 Å². The summed E-state index contributed by atoms with van der Waals surface area (Å²) in [4.78, 5) is 30.8. The highest BCUT2D eigenvalue weighted by molar-refractivity contribution is 6.16. The third kappa shape index (κ3) is 4.24. The summed E-state index contributed by atoms with van der Waals surface area (Å²) in [6, 6.07) is 21.0. The van der Waals surface area contributed by atoms with E-state index in [0.29, 0.717) is 28.0 Å². The summed E-state index contributed by atoms with van der Waals surface area (Å²) in [5.41, 5.74) is 2.76. The summed E-state index contributed by atoms with van der Waals surface area (Å²) < 4.78 is 16.7. The van der Waals surface area contributed by atoms with Crippen LogP contribution < -0.4 is 14.4 Å². The van der Waals surface area contributed by atoms with E-state index >= 15 is 0 Å². The van der Waals surface area contributed by atoms with Crippen LogP contribution in [-0.4, -0.2) is 50.0 Å². The van der Waals surface area contributed by atoms with Crippen LogP contribution in [0.2, 0.25) is 0 Å². The van der Waals surface area contributed by atoms with Crippen LogP contribution in [-0.2, 0) is 11.3 Å². The van der Waals surface area contributed by atoms with E-state index in [1.807, 2.05) is 61.5 Å². The van der Waals surface area contributed by atoms with E-state index in [1.54, 1.807) is 37.4 Å². The zero-order valence-corrected chi connectivity index (χ0v) is 21.6. The molecule has 0 fully saturated rings. The SMILES string of the molecule is COc1ccccc1CN1C(=O)C(O)=C(C(=O)c2cc3cccc(OC)c3o2)C1c1ccc(N(C)C)cc1. The van der Waals surface area contributed by atoms with Gasteiger partial charge in [-0.2, -0.15) is 0 Å². The number of benzene rings is 3. The Balaban J connectivity index is 1.61. The van der Waals surface area contributed by atoms with Gasteiger partial charge in [0.25, 0.3) is 5.91 Å². The highest BCUT2D eigenvalue weighted by Crippen LogP contribution is 2.42. The van der Waals surface area contributed by atoms with Gasteiger partial charge in [0.15, 0.2) is 22.9 Å². The molecule has 3 aromatic carbocycles. The van der Waals surface area contributed by atoms with Crippen LogP contribution >= 0.6 is 0 Å². The maximum atomic E-state index is 13.9. The Kier molecular flexibility index (Phi) is 6.55. The average molecular weight is 513 g/mol. The van der Waals surface area contributed by atoms with Crippen molar-refractivity contribution in [2.45, 2.75) is 12.6 Å². The van der Waals surface area contributed by atoms with E-state index in [1.165, 1.54) is 12.0 Å². The molecule has 0 aliphatic carbocycles. The Hall–Kier alpha value is -4.72. The predicted octanol–water partition coefficient (Wildman–Crippen LogP) is 5.29. The van der Waals surface area contributed by atoms with E-state index < -0.39 is 23.5 Å². The number of methoxy groups -OCH3 is 2. The molecular formula is C30H28N2O6. The number of anilines is 1. The molecule has 8 heteroatoms. The number of ether oxygens (including phenoxy) is 2. The summed E-state index contributed by atoms with van der Waals surface area (Å²) in [6.07, 6.45) is 0. The molecular weight excluding hydrogens is 484 g/mol. The lowest BCUT2D eigenvalue weighted by Crippen LogP contribution is -2.31. The number of ketones is 1. The third-order valence-electron chi connectivity index (χ3n) is 6.76. The van der Waals surface area contributed by atoms with Crippen molar-refractivity contribution in [3.05, 3.63) is 101 Å². The molecule has 1 N–H and O–H groups in total. The first-order valence-electron chi connectivity index (χ1n) is 12.1. The van der Waals surface area contributed by atoms with Gasteiger partial charge in [-0.1, -0.05) is 42.5 Å². The lowest BCUT2D eigenvalue weighted by molar-refractivity contribution is -0.130. The molecule has 1 aromatic heterocycles. The number of hydrogen-bond acceptors (Lipinski definition) is 7. The number of aliphatic hydroxyl groups is 1. The van der Waals surface area contributed by atoms with Crippen molar-refractivity contribution in [2.75, 3.05) is 33.2 Å². The Morgan fingerprint density at radius 1 is 0.974 bits per heavy atom. The molecule has 1 atom stereocenters. The fraction of sp³-hybridized carbons (Fsp3) is 0.200. The maximum absolute atomic E-state index is 13.9. The van der Waals surface area contributed by atoms with Crippen molar-refractivity contribution < 1.29 is 28.6 Å². The third-order valence-corrected chi connectivity index (χ3v) is 6.76. The van der Waals surface area contributed by atoms with E-state index in [2.05, 4.69) is 0 Å². The van der Waals surface area contributed by atoms with Crippen molar-refractivity contribution in [1.29, 1.82) is 0 Å². The largest absolute Gasteiger partial charge is 0.503 e. The topological polar surface area (TPSA) is 92.5 Å². The van der Waals surface area contributed by atoms with Crippen molar-refractivity contribution in [3.63, 3.8) is 0 Å². The van der Waals surface area contributed by atoms with E-state index in [4.69, 9.17) is 13.9 Å². The standard InChI is InChI=1S/C30H28N2O6/c1-31(2)21-14-12-18(13-15-21)26-25(27(33)24-16-19-9-7-11-23(37-4)29(19)38-24)28(34)30(35)32(26)17-20-8-5-6-10-22(20)36-3/h5-16,26,34H,17H2,1-4H3. The zero-order valence-electron chi connectivity index (χ0n) is 21.6. The number of fused-ring (bicyclic) bond motifs is 1. The first-order valence-corrected chi connectivity index (χ1v) is 12.1. The second-order valence-electron chi connectivity index (χ2n) is 9.21. The first kappa shape index (κ1) is 25.0. The molecule has 1 aliphatic heterocycles. The summed E-state index contributed by atoms with van der Waals surface area (Å²) >= 11 is 0. The van der Waals surface area contributed by atoms with Crippen LogP contribution in [0.25, 0.3) is 11.0 Å². The van der Waals surface area contributed by atoms with Gasteiger partial charge in [-0.25, -0.2) is 0 Å². The van der Waals surface area contributed by atoms with Crippen LogP contribution in [0.1, 0.15) is 27.7 Å². The van der Waals surface area contributed by atoms with Gasteiger partial charge < -0.3 is 28.8 Å². The number of carbonyl (C=O) groups excluding carboxylic acids is 2. The second kappa shape index (κ2) is 9.97. The number of hydrogen-bond donors (Lipinski definition) is 1. The van der Waals surface area contributed by atoms with E-state index in [-0.39, 0.29) is 17.9 Å². The number of nitrogens with zero attached hydrogens (tertiary/aromatic N) is 2. The van der Waals surface area contributed by atoms with Gasteiger partial charge in [-0.15, -0.1) is 0 Å². The summed E-state index contributed by atoms with van der Waals surface area (Å²) in [6.45, 7) is 0.123. The molecule has 1 aliphatic rings. The van der Waals surface area contributed by atoms with Gasteiger partial charge in [-0.3, -0.25) is 9.59 Å². The summed E-state index contributed by atoms with van der Waals surface area (Å²) in [7, 11) is 6.94. The number of amides is 1. The number of furan rings is 1. The van der Waals surface area contributed by atoms with Gasteiger partial charge in [0, 0.05) is 30.7 Å². The smallest absolute Gasteiger partial charge is 0.290 e. The molecule has 38 heavy (non-hydrogen) atoms. The van der Waals surface area contributed by atoms with Crippen molar-refractivity contribution in [1.82, 2.24) is 4.90 Å². The van der Waals surface area contributed by atoms with Crippen LogP contribution in [0.4, 0.5) is 5.69 Å². The molecule has 5 rings (SSSR count). The molecule has 0 bridgehead atoms. The van der Waals surface area contributed by atoms with Crippen LogP contribution in [0.15, 0.2) is 88.5 Å². The quantitative estimate of drug-likeness (QED) is 0.321. The fourth-order valence-corrected chi connectivity index (χ4v) is 4.81. The summed E-state index contributed by atoms with van der Waals surface area (Å²) in [5, 5.41) is 11.8. The minimum absolute atomic E-state index is 0.00732. The number of carbonyl (C=O) groups is 2. The second-order valence-corrected chi connectivity index (χ2v) is 9.21. The fourth-order valence-electron chi connectivity index (χ4n) is 4.81. The Morgan fingerprint density at radius 2 is 1.66 bits per heavy atom. The van der Waals surface area contributed by atoms with Crippen molar-refractivity contribution in [2.24, 2.45) is 0 Å². The number of para-hydroxylation sites is 2. The number of Topliss-reactive ketones (excluding diaryl/α,β-unsaturated/α-hetero) is 1. The lowest BCUT2D eigenvalue weighted by Gasteiger charge is -2.27. The maximum Gasteiger partial charge on any atom is 0.290 e. The Bertz CT molecular complexity index is 1550. The van der Waals surface area contributed by atoms with Crippen molar-refractivity contribution in [3.8, 4) is 11.5 Å². The van der Waals surface area contributed by atoms with Crippen LogP contribution in [0, 0.1) is 0 Å². The van der Waals surface area contributed by atoms with E-state index in [9.17, 15) is 14.7 Å². The molecule has 0 spiro atoms. The minimum atomic E-state index is -0.841. The van der Waals surface area contributed by atoms with Gasteiger partial charge in [-0.05, 0) is 35.9 Å². The zero-order chi connectivity index (χ0) is 27.0. The molecule has 4 aromatic rings. The highest BCUT2D eigenvalue weighted by atomic mass is 16.5.